The molecule has 0 aliphatic heterocycles. The zero-order valence-corrected chi connectivity index (χ0v) is 19.8. The molecular formula is C25H22S2Zr. The van der Waals surface area contributed by atoms with E-state index in [-0.39, 0.29) is 26.2 Å². The molecule has 5 rings (SSSR count). The van der Waals surface area contributed by atoms with Crippen LogP contribution in [-0.2, 0) is 26.2 Å². The molecule has 1 saturated carbocycles. The van der Waals surface area contributed by atoms with Gasteiger partial charge < -0.3 is 0 Å². The minimum Gasteiger partial charge on any atom is -0.255 e. The van der Waals surface area contributed by atoms with Crippen molar-refractivity contribution < 1.29 is 26.2 Å². The number of hydrogen-bond donors (Lipinski definition) is 0. The molecule has 28 heavy (non-hydrogen) atoms. The SMILES string of the molecule is [C-](=C1CCCC1=[C-]c1cccs1)c1cccs1.[CH]1C=CC=C1.[CH]1C=CC=C1.[Zr+2]. The molecule has 0 atom stereocenters. The second-order valence-corrected chi connectivity index (χ2v) is 7.84. The van der Waals surface area contributed by atoms with Crippen LogP contribution in [0.1, 0.15) is 29.0 Å². The van der Waals surface area contributed by atoms with Gasteiger partial charge in [0, 0.05) is 12.8 Å². The second kappa shape index (κ2) is 13.8. The number of allylic oxidation sites excluding steroid dienone is 10. The van der Waals surface area contributed by atoms with Gasteiger partial charge in [0.05, 0.1) is 0 Å². The average Bonchev–Trinajstić information content (AvgIpc) is 3.50. The fraction of sp³-hybridized carbons (Fsp3) is 0.120. The van der Waals surface area contributed by atoms with E-state index in [1.807, 2.05) is 61.4 Å². The summed E-state index contributed by atoms with van der Waals surface area (Å²) in [6, 6.07) is 8.40. The van der Waals surface area contributed by atoms with Crippen molar-refractivity contribution in [2.75, 3.05) is 0 Å². The molecule has 0 nitrogen and oxygen atoms in total. The Morgan fingerprint density at radius 3 is 1.32 bits per heavy atom. The third-order valence-corrected chi connectivity index (χ3v) is 5.49. The molecule has 1 fully saturated rings. The predicted molar refractivity (Wildman–Crippen MR) is 119 cm³/mol. The van der Waals surface area contributed by atoms with E-state index in [0.29, 0.717) is 0 Å². The van der Waals surface area contributed by atoms with Crippen molar-refractivity contribution >= 4 is 22.7 Å². The Balaban J connectivity index is 0.000000209. The van der Waals surface area contributed by atoms with E-state index in [9.17, 15) is 0 Å². The molecule has 0 aromatic carbocycles. The van der Waals surface area contributed by atoms with Crippen LogP contribution in [0.25, 0.3) is 0 Å². The number of rotatable bonds is 2. The average molecular weight is 478 g/mol. The Bertz CT molecular complexity index is 752. The third kappa shape index (κ3) is 8.39. The molecule has 3 aliphatic rings. The summed E-state index contributed by atoms with van der Waals surface area (Å²) >= 11 is 3.50. The van der Waals surface area contributed by atoms with Crippen LogP contribution < -0.4 is 0 Å². The van der Waals surface area contributed by atoms with Gasteiger partial charge in [-0.1, -0.05) is 77.6 Å². The van der Waals surface area contributed by atoms with Crippen LogP contribution in [0.5, 0.6) is 0 Å². The minimum absolute atomic E-state index is 0. The molecule has 2 radical (unpaired) electrons. The Kier molecular flexibility index (Phi) is 11.4. The standard InChI is InChI=1S/C15H12S2.2C5H5.Zr/c1-4-12(10-14-6-2-8-16-14)13(5-1)11-15-7-3-9-17-15;2*1-2-4-5-3-1;/h2-3,6-9H,1,4-5H2;2*1-5H;/q-2;;;+2. The summed E-state index contributed by atoms with van der Waals surface area (Å²) < 4.78 is 0. The zero-order valence-electron chi connectivity index (χ0n) is 15.7. The van der Waals surface area contributed by atoms with Crippen LogP contribution in [0.2, 0.25) is 0 Å². The fourth-order valence-corrected chi connectivity index (χ4v) is 3.94. The van der Waals surface area contributed by atoms with Crippen LogP contribution in [0.3, 0.4) is 0 Å². The summed E-state index contributed by atoms with van der Waals surface area (Å²) in [7, 11) is 0. The minimum atomic E-state index is 0. The monoisotopic (exact) mass is 476 g/mol. The number of hydrogen-bond acceptors (Lipinski definition) is 2. The van der Waals surface area contributed by atoms with Gasteiger partial charge in [-0.15, -0.1) is 24.3 Å². The predicted octanol–water partition coefficient (Wildman–Crippen LogP) is 7.48. The molecular weight excluding hydrogens is 456 g/mol. The van der Waals surface area contributed by atoms with Crippen molar-refractivity contribution in [2.45, 2.75) is 19.3 Å². The smallest absolute Gasteiger partial charge is 0.255 e. The topological polar surface area (TPSA) is 0 Å². The molecule has 0 N–H and O–H groups in total. The molecule has 138 valence electrons. The van der Waals surface area contributed by atoms with Crippen molar-refractivity contribution in [3.8, 4) is 0 Å². The van der Waals surface area contributed by atoms with Crippen molar-refractivity contribution in [1.82, 2.24) is 0 Å². The van der Waals surface area contributed by atoms with Gasteiger partial charge in [-0.2, -0.15) is 22.7 Å². The van der Waals surface area contributed by atoms with E-state index in [4.69, 9.17) is 0 Å². The summed E-state index contributed by atoms with van der Waals surface area (Å²) in [5.41, 5.74) is 2.70. The first-order valence-electron chi connectivity index (χ1n) is 9.08. The molecule has 3 aliphatic carbocycles. The van der Waals surface area contributed by atoms with Gasteiger partial charge in [0.2, 0.25) is 0 Å². The second-order valence-electron chi connectivity index (χ2n) is 5.94. The maximum atomic E-state index is 3.52. The third-order valence-electron chi connectivity index (χ3n) is 3.92. The van der Waals surface area contributed by atoms with Gasteiger partial charge >= 0.3 is 26.2 Å². The van der Waals surface area contributed by atoms with Crippen LogP contribution in [0, 0.1) is 25.0 Å². The van der Waals surface area contributed by atoms with Crippen molar-refractivity contribution in [1.29, 1.82) is 0 Å². The molecule has 2 aromatic rings. The molecule has 0 unspecified atom stereocenters. The first kappa shape index (κ1) is 23.0. The first-order chi connectivity index (χ1) is 13.4. The normalized spacial score (nSPS) is 18.7. The summed E-state index contributed by atoms with van der Waals surface area (Å²) in [6.07, 6.45) is 30.6. The van der Waals surface area contributed by atoms with Crippen molar-refractivity contribution in [3.05, 3.63) is 130 Å². The maximum Gasteiger partial charge on any atom is 2.00 e. The van der Waals surface area contributed by atoms with Crippen LogP contribution in [0.15, 0.2) is 94.8 Å². The van der Waals surface area contributed by atoms with Gasteiger partial charge in [-0.05, 0) is 10.8 Å². The van der Waals surface area contributed by atoms with E-state index < -0.39 is 0 Å². The Morgan fingerprint density at radius 2 is 1.04 bits per heavy atom. The summed E-state index contributed by atoms with van der Waals surface area (Å²) in [4.78, 5) is 2.46. The Labute approximate surface area is 196 Å². The van der Waals surface area contributed by atoms with Gasteiger partial charge in [-0.3, -0.25) is 11.1 Å². The van der Waals surface area contributed by atoms with Gasteiger partial charge in [-0.25, -0.2) is 12.2 Å². The molecule has 0 saturated heterocycles. The number of thiophene rings is 2. The molecule has 0 bridgehead atoms. The zero-order chi connectivity index (χ0) is 18.6. The molecule has 2 aromatic heterocycles. The maximum absolute atomic E-state index is 3.52. The summed E-state index contributed by atoms with van der Waals surface area (Å²) in [5, 5.41) is 4.20. The van der Waals surface area contributed by atoms with E-state index in [0.717, 1.165) is 12.8 Å². The molecule has 0 amide bonds. The van der Waals surface area contributed by atoms with E-state index in [1.54, 1.807) is 22.7 Å². The quantitative estimate of drug-likeness (QED) is 0.393. The van der Waals surface area contributed by atoms with E-state index >= 15 is 0 Å². The van der Waals surface area contributed by atoms with Crippen LogP contribution in [0.4, 0.5) is 0 Å². The van der Waals surface area contributed by atoms with Gasteiger partial charge in [0.15, 0.2) is 0 Å². The van der Waals surface area contributed by atoms with E-state index in [2.05, 4.69) is 47.2 Å². The van der Waals surface area contributed by atoms with Crippen LogP contribution >= 0.6 is 22.7 Å². The Hall–Kier alpha value is -1.28. The van der Waals surface area contributed by atoms with Gasteiger partial charge in [0.25, 0.3) is 0 Å². The summed E-state index contributed by atoms with van der Waals surface area (Å²) in [6.45, 7) is 0. The van der Waals surface area contributed by atoms with E-state index in [1.165, 1.54) is 27.3 Å². The molecule has 2 heterocycles. The van der Waals surface area contributed by atoms with Crippen molar-refractivity contribution in [2.24, 2.45) is 0 Å². The first-order valence-corrected chi connectivity index (χ1v) is 10.8. The summed E-state index contributed by atoms with van der Waals surface area (Å²) in [5.74, 6) is 0. The van der Waals surface area contributed by atoms with Crippen LogP contribution in [-0.4, -0.2) is 0 Å². The van der Waals surface area contributed by atoms with Crippen molar-refractivity contribution in [3.63, 3.8) is 0 Å². The van der Waals surface area contributed by atoms with Gasteiger partial charge in [0.1, 0.15) is 0 Å². The molecule has 3 heteroatoms. The Morgan fingerprint density at radius 1 is 0.607 bits per heavy atom. The fourth-order valence-electron chi connectivity index (χ4n) is 2.66. The molecule has 0 spiro atoms. The largest absolute Gasteiger partial charge is 2.00 e.